The van der Waals surface area contributed by atoms with Crippen LogP contribution in [-0.2, 0) is 33.7 Å². The summed E-state index contributed by atoms with van der Waals surface area (Å²) < 4.78 is 25.3. The largest absolute Gasteiger partial charge is 2.00 e. The van der Waals surface area contributed by atoms with Gasteiger partial charge in [-0.2, -0.15) is 0 Å². The van der Waals surface area contributed by atoms with Crippen molar-refractivity contribution in [3.63, 3.8) is 0 Å². The Morgan fingerprint density at radius 1 is 1.40 bits per heavy atom. The first-order valence-electron chi connectivity index (χ1n) is 0.500. The van der Waals surface area contributed by atoms with Crippen molar-refractivity contribution in [2.45, 2.75) is 0 Å². The molecule has 0 bridgehead atoms. The van der Waals surface area contributed by atoms with E-state index in [1.807, 2.05) is 0 Å². The van der Waals surface area contributed by atoms with Crippen molar-refractivity contribution in [3.05, 3.63) is 0 Å². The Kier molecular flexibility index (Phi) is 8.91. The number of hydrogen-bond acceptors (Lipinski definition) is 3. The van der Waals surface area contributed by atoms with Gasteiger partial charge < -0.3 is 9.11 Å². The van der Waals surface area contributed by atoms with E-state index in [0.717, 1.165) is 0 Å². The standard InChI is InChI=1S/Nb.H2O3S/c;1-4(2)3/h;(H2,1,2,3)/q+2;/p-2. The van der Waals surface area contributed by atoms with E-state index in [9.17, 15) is 0 Å². The van der Waals surface area contributed by atoms with Crippen LogP contribution < -0.4 is 0 Å². The molecule has 0 aromatic heterocycles. The minimum absolute atomic E-state index is 0. The van der Waals surface area contributed by atoms with Crippen LogP contribution >= 0.6 is 0 Å². The molecule has 0 rings (SSSR count). The Morgan fingerprint density at radius 3 is 1.40 bits per heavy atom. The molecule has 0 aliphatic rings. The van der Waals surface area contributed by atoms with Crippen molar-refractivity contribution < 1.29 is 35.7 Å². The first-order valence-corrected chi connectivity index (χ1v) is 1.50. The van der Waals surface area contributed by atoms with E-state index >= 15 is 0 Å². The third-order valence-electron chi connectivity index (χ3n) is 0. The minimum Gasteiger partial charge on any atom is -0.784 e. The zero-order valence-corrected chi connectivity index (χ0v) is 5.10. The van der Waals surface area contributed by atoms with Gasteiger partial charge in [0.15, 0.2) is 0 Å². The van der Waals surface area contributed by atoms with Gasteiger partial charge in [-0.1, -0.05) is 0 Å². The summed E-state index contributed by atoms with van der Waals surface area (Å²) in [7, 11) is 0. The molecule has 0 aromatic rings. The molecule has 0 aliphatic carbocycles. The van der Waals surface area contributed by atoms with Gasteiger partial charge >= 0.3 is 22.4 Å². The molecule has 1 radical (unpaired) electrons. The summed E-state index contributed by atoms with van der Waals surface area (Å²) in [5.74, 6) is 0. The average Bonchev–Trinajstić information content (AvgIpc) is 0.811. The second kappa shape index (κ2) is 4.81. The van der Waals surface area contributed by atoms with Gasteiger partial charge in [-0.25, -0.2) is 0 Å². The van der Waals surface area contributed by atoms with E-state index in [4.69, 9.17) is 13.3 Å². The fraction of sp³-hybridized carbons (Fsp3) is 0. The molecule has 0 saturated heterocycles. The number of rotatable bonds is 0. The zero-order valence-electron chi connectivity index (χ0n) is 2.08. The van der Waals surface area contributed by atoms with Crippen LogP contribution in [0.25, 0.3) is 0 Å². The predicted octanol–water partition coefficient (Wildman–Crippen LogP) is -1.01. The maximum atomic E-state index is 8.44. The molecular formula is NbO3S. The second-order valence-electron chi connectivity index (χ2n) is 0.204. The Bertz CT molecular complexity index is 29.9. The van der Waals surface area contributed by atoms with E-state index in [2.05, 4.69) is 0 Å². The first kappa shape index (κ1) is 9.26. The van der Waals surface area contributed by atoms with E-state index in [1.54, 1.807) is 0 Å². The van der Waals surface area contributed by atoms with Crippen LogP contribution in [0.4, 0.5) is 0 Å². The van der Waals surface area contributed by atoms with Gasteiger partial charge in [0.25, 0.3) is 0 Å². The van der Waals surface area contributed by atoms with E-state index < -0.39 is 11.4 Å². The topological polar surface area (TPSA) is 63.2 Å². The quantitative estimate of drug-likeness (QED) is 0.348. The molecule has 0 unspecified atom stereocenters. The second-order valence-corrected chi connectivity index (χ2v) is 0.612. The molecule has 0 atom stereocenters. The molecule has 0 amide bonds. The molecule has 0 fully saturated rings. The number of hydrogen-bond donors (Lipinski definition) is 0. The maximum Gasteiger partial charge on any atom is 2.00 e. The van der Waals surface area contributed by atoms with Crippen LogP contribution in [0.2, 0.25) is 0 Å². The molecule has 5 heavy (non-hydrogen) atoms. The molecule has 3 nitrogen and oxygen atoms in total. The third kappa shape index (κ3) is 57.9. The summed E-state index contributed by atoms with van der Waals surface area (Å²) in [6, 6.07) is 0. The molecule has 0 heterocycles. The van der Waals surface area contributed by atoms with Crippen LogP contribution in [0.3, 0.4) is 0 Å². The Labute approximate surface area is 47.4 Å². The molecule has 5 heteroatoms. The summed E-state index contributed by atoms with van der Waals surface area (Å²) in [5, 5.41) is 0. The van der Waals surface area contributed by atoms with Gasteiger partial charge in [0.05, 0.1) is 0 Å². The van der Waals surface area contributed by atoms with Crippen molar-refractivity contribution in [3.8, 4) is 0 Å². The van der Waals surface area contributed by atoms with Crippen LogP contribution in [0, 0.1) is 0 Å². The van der Waals surface area contributed by atoms with Gasteiger partial charge in [-0.15, -0.1) is 11.4 Å². The maximum absolute atomic E-state index is 8.44. The van der Waals surface area contributed by atoms with E-state index in [0.29, 0.717) is 0 Å². The Hall–Kier alpha value is 0.810. The van der Waals surface area contributed by atoms with Crippen molar-refractivity contribution >= 4 is 11.4 Å². The zero-order chi connectivity index (χ0) is 3.58. The molecule has 0 spiro atoms. The van der Waals surface area contributed by atoms with Crippen LogP contribution in [-0.4, -0.2) is 13.3 Å². The van der Waals surface area contributed by atoms with Crippen LogP contribution in [0.15, 0.2) is 0 Å². The third-order valence-corrected chi connectivity index (χ3v) is 0. The molecule has 0 N–H and O–H groups in total. The van der Waals surface area contributed by atoms with Crippen LogP contribution in [0.1, 0.15) is 0 Å². The van der Waals surface area contributed by atoms with E-state index in [-0.39, 0.29) is 22.4 Å². The summed E-state index contributed by atoms with van der Waals surface area (Å²) in [5.41, 5.74) is 0. The fourth-order valence-electron chi connectivity index (χ4n) is 0. The van der Waals surface area contributed by atoms with E-state index in [1.165, 1.54) is 0 Å². The normalized spacial score (nSPS) is 7.00. The first-order chi connectivity index (χ1) is 1.73. The Balaban J connectivity index is 0. The average molecular weight is 173 g/mol. The van der Waals surface area contributed by atoms with Crippen molar-refractivity contribution in [1.82, 2.24) is 0 Å². The Morgan fingerprint density at radius 2 is 1.40 bits per heavy atom. The summed E-state index contributed by atoms with van der Waals surface area (Å²) in [6.07, 6.45) is 0. The minimum atomic E-state index is -3.11. The monoisotopic (exact) mass is 173 g/mol. The van der Waals surface area contributed by atoms with Gasteiger partial charge in [-0.05, 0) is 0 Å². The molecule has 0 saturated carbocycles. The van der Waals surface area contributed by atoms with Crippen molar-refractivity contribution in [2.75, 3.05) is 0 Å². The van der Waals surface area contributed by atoms with Crippen molar-refractivity contribution in [2.24, 2.45) is 0 Å². The summed E-state index contributed by atoms with van der Waals surface area (Å²) in [4.78, 5) is 0. The summed E-state index contributed by atoms with van der Waals surface area (Å²) >= 11 is -3.11. The van der Waals surface area contributed by atoms with Gasteiger partial charge in [0.1, 0.15) is 0 Å². The predicted molar refractivity (Wildman–Crippen MR) is 9.70 cm³/mol. The van der Waals surface area contributed by atoms with Gasteiger partial charge in [-0.3, -0.25) is 4.21 Å². The summed E-state index contributed by atoms with van der Waals surface area (Å²) in [6.45, 7) is 0. The molecule has 0 aromatic carbocycles. The fourth-order valence-corrected chi connectivity index (χ4v) is 0. The molecule has 29 valence electrons. The van der Waals surface area contributed by atoms with Crippen LogP contribution in [0.5, 0.6) is 0 Å². The molecule has 0 aliphatic heterocycles. The van der Waals surface area contributed by atoms with Gasteiger partial charge in [0, 0.05) is 0 Å². The smallest absolute Gasteiger partial charge is 0.784 e. The van der Waals surface area contributed by atoms with Gasteiger partial charge in [0.2, 0.25) is 0 Å². The van der Waals surface area contributed by atoms with Crippen molar-refractivity contribution in [1.29, 1.82) is 0 Å². The SMILES string of the molecule is O=S([O-])[O-].[Nb+2]. The molecular weight excluding hydrogens is 173 g/mol.